The molecule has 3 aromatic carbocycles. The molecule has 0 saturated heterocycles. The summed E-state index contributed by atoms with van der Waals surface area (Å²) in [6.07, 6.45) is -8.76. The maximum Gasteiger partial charge on any atom is 0.573 e. The lowest BCUT2D eigenvalue weighted by Gasteiger charge is -2.26. The summed E-state index contributed by atoms with van der Waals surface area (Å²) in [5.74, 6) is -0.777. The van der Waals surface area contributed by atoms with E-state index in [9.17, 15) is 31.1 Å². The number of amides is 1. The molecule has 0 aliphatic carbocycles. The maximum atomic E-state index is 12.9. The van der Waals surface area contributed by atoms with Gasteiger partial charge in [0.05, 0.1) is 5.56 Å². The van der Waals surface area contributed by atoms with Crippen LogP contribution < -0.4 is 15.4 Å². The number of carbonyl (C=O) groups excluding carboxylic acids is 1. The van der Waals surface area contributed by atoms with Gasteiger partial charge in [-0.1, -0.05) is 54.6 Å². The van der Waals surface area contributed by atoms with Gasteiger partial charge in [-0.3, -0.25) is 10.1 Å². The molecule has 0 heterocycles. The van der Waals surface area contributed by atoms with Crippen molar-refractivity contribution >= 4 is 5.91 Å². The van der Waals surface area contributed by atoms with Gasteiger partial charge in [-0.25, -0.2) is 0 Å². The number of halogens is 6. The molecule has 0 aromatic heterocycles. The quantitative estimate of drug-likeness (QED) is 0.330. The zero-order valence-electron chi connectivity index (χ0n) is 19.2. The Morgan fingerprint density at radius 1 is 0.861 bits per heavy atom. The molecule has 1 amide bonds. The molecule has 10 heteroatoms. The van der Waals surface area contributed by atoms with Gasteiger partial charge in [0, 0.05) is 13.1 Å². The molecule has 0 spiro atoms. The molecule has 0 saturated carbocycles. The van der Waals surface area contributed by atoms with E-state index in [2.05, 4.69) is 15.4 Å². The van der Waals surface area contributed by atoms with E-state index in [4.69, 9.17) is 0 Å². The molecule has 3 aromatic rings. The zero-order valence-corrected chi connectivity index (χ0v) is 19.2. The van der Waals surface area contributed by atoms with Crippen LogP contribution in [-0.2, 0) is 17.4 Å². The van der Waals surface area contributed by atoms with Crippen LogP contribution in [0, 0.1) is 0 Å². The van der Waals surface area contributed by atoms with Gasteiger partial charge in [0.15, 0.2) is 0 Å². The highest BCUT2D eigenvalue weighted by Gasteiger charge is 2.32. The van der Waals surface area contributed by atoms with Crippen molar-refractivity contribution in [2.75, 3.05) is 7.05 Å². The van der Waals surface area contributed by atoms with Crippen molar-refractivity contribution < 1.29 is 35.9 Å². The summed E-state index contributed by atoms with van der Waals surface area (Å²) in [6.45, 7) is 0. The minimum atomic E-state index is -4.88. The monoisotopic (exact) mass is 510 g/mol. The summed E-state index contributed by atoms with van der Waals surface area (Å²) in [7, 11) is 1.47. The van der Waals surface area contributed by atoms with Crippen LogP contribution in [-0.4, -0.2) is 19.3 Å². The molecule has 2 unspecified atom stereocenters. The molecule has 192 valence electrons. The van der Waals surface area contributed by atoms with E-state index in [0.29, 0.717) is 23.1 Å². The summed E-state index contributed by atoms with van der Waals surface area (Å²) in [5.41, 5.74) is 0.892. The van der Waals surface area contributed by atoms with Gasteiger partial charge >= 0.3 is 12.5 Å². The van der Waals surface area contributed by atoms with Crippen molar-refractivity contribution in [3.63, 3.8) is 0 Å². The molecule has 36 heavy (non-hydrogen) atoms. The Morgan fingerprint density at radius 2 is 1.50 bits per heavy atom. The number of nitrogens with one attached hydrogen (secondary N) is 2. The van der Waals surface area contributed by atoms with Crippen LogP contribution in [0.15, 0.2) is 78.9 Å². The van der Waals surface area contributed by atoms with E-state index >= 15 is 0 Å². The predicted molar refractivity (Wildman–Crippen MR) is 122 cm³/mol. The fraction of sp³-hybridized carbons (Fsp3) is 0.269. The highest BCUT2D eigenvalue weighted by atomic mass is 19.4. The Hall–Kier alpha value is -3.53. The number of hydrogen-bond donors (Lipinski definition) is 2. The van der Waals surface area contributed by atoms with E-state index in [1.165, 1.54) is 31.3 Å². The van der Waals surface area contributed by atoms with Gasteiger partial charge in [0.2, 0.25) is 5.91 Å². The van der Waals surface area contributed by atoms with Crippen LogP contribution in [0.25, 0.3) is 0 Å². The van der Waals surface area contributed by atoms with Gasteiger partial charge in [-0.15, -0.1) is 13.2 Å². The van der Waals surface area contributed by atoms with Gasteiger partial charge in [-0.2, -0.15) is 13.2 Å². The van der Waals surface area contributed by atoms with Crippen LogP contribution in [0.2, 0.25) is 0 Å². The summed E-state index contributed by atoms with van der Waals surface area (Å²) in [6, 6.07) is 17.4. The van der Waals surface area contributed by atoms with E-state index < -0.39 is 35.9 Å². The molecule has 0 bridgehead atoms. The number of ether oxygens (including phenoxy) is 1. The molecule has 4 nitrogen and oxygen atoms in total. The fourth-order valence-corrected chi connectivity index (χ4v) is 3.76. The molecular formula is C26H24F6N2O2. The van der Waals surface area contributed by atoms with Crippen LogP contribution in [0.5, 0.6) is 5.75 Å². The largest absolute Gasteiger partial charge is 0.573 e. The summed E-state index contributed by atoms with van der Waals surface area (Å²) < 4.78 is 81.0. The first-order chi connectivity index (χ1) is 17.0. The lowest BCUT2D eigenvalue weighted by molar-refractivity contribution is -0.274. The average molecular weight is 510 g/mol. The van der Waals surface area contributed by atoms with Crippen LogP contribution in [0.3, 0.4) is 0 Å². The van der Waals surface area contributed by atoms with E-state index in [-0.39, 0.29) is 12.3 Å². The van der Waals surface area contributed by atoms with Crippen molar-refractivity contribution in [1.29, 1.82) is 0 Å². The van der Waals surface area contributed by atoms with Crippen molar-refractivity contribution in [1.82, 2.24) is 10.6 Å². The lowest BCUT2D eigenvalue weighted by Crippen LogP contribution is -2.38. The average Bonchev–Trinajstić information content (AvgIpc) is 2.83. The number of likely N-dealkylation sites (N-methyl/N-ethyl adjacent to an activating group) is 1. The molecule has 0 aliphatic heterocycles. The predicted octanol–water partition coefficient (Wildman–Crippen LogP) is 6.35. The number of benzene rings is 3. The Morgan fingerprint density at radius 3 is 2.08 bits per heavy atom. The molecule has 0 fully saturated rings. The fourth-order valence-electron chi connectivity index (χ4n) is 3.76. The smallest absolute Gasteiger partial charge is 0.406 e. The van der Waals surface area contributed by atoms with Crippen molar-refractivity contribution in [3.8, 4) is 5.75 Å². The van der Waals surface area contributed by atoms with Crippen LogP contribution in [0.4, 0.5) is 26.3 Å². The normalized spacial score (nSPS) is 13.6. The third-order valence-corrected chi connectivity index (χ3v) is 5.51. The molecular weight excluding hydrogens is 486 g/mol. The second-order valence-electron chi connectivity index (χ2n) is 8.03. The second-order valence-corrected chi connectivity index (χ2v) is 8.03. The van der Waals surface area contributed by atoms with E-state index in [0.717, 1.165) is 18.2 Å². The number of alkyl halides is 6. The Kier molecular flexibility index (Phi) is 8.62. The molecule has 0 radical (unpaired) electrons. The minimum Gasteiger partial charge on any atom is -0.406 e. The lowest BCUT2D eigenvalue weighted by atomic mass is 9.96. The van der Waals surface area contributed by atoms with Crippen molar-refractivity contribution in [3.05, 3.63) is 101 Å². The van der Waals surface area contributed by atoms with Gasteiger partial charge in [-0.05, 0) is 53.8 Å². The van der Waals surface area contributed by atoms with Crippen molar-refractivity contribution in [2.45, 2.75) is 37.5 Å². The SMILES string of the molecule is CNC(=O)C(NC(CCc1ccc(C(F)(F)F)cc1)c1cccc(OC(F)(F)F)c1)c1ccccc1. The maximum absolute atomic E-state index is 12.9. The third-order valence-electron chi connectivity index (χ3n) is 5.51. The first-order valence-electron chi connectivity index (χ1n) is 11.0. The first-order valence-corrected chi connectivity index (χ1v) is 11.0. The Bertz CT molecular complexity index is 1130. The number of carbonyl (C=O) groups is 1. The van der Waals surface area contributed by atoms with Gasteiger partial charge in [0.25, 0.3) is 0 Å². The third kappa shape index (κ3) is 7.74. The van der Waals surface area contributed by atoms with E-state index in [1.54, 1.807) is 36.4 Å². The molecule has 2 N–H and O–H groups in total. The van der Waals surface area contributed by atoms with Crippen molar-refractivity contribution in [2.24, 2.45) is 0 Å². The highest BCUT2D eigenvalue weighted by Crippen LogP contribution is 2.31. The van der Waals surface area contributed by atoms with E-state index in [1.807, 2.05) is 0 Å². The van der Waals surface area contributed by atoms with Crippen LogP contribution >= 0.6 is 0 Å². The molecule has 2 atom stereocenters. The summed E-state index contributed by atoms with van der Waals surface area (Å²) in [5, 5.41) is 5.78. The Labute approximate surface area is 204 Å². The highest BCUT2D eigenvalue weighted by molar-refractivity contribution is 5.83. The summed E-state index contributed by atoms with van der Waals surface area (Å²) >= 11 is 0. The van der Waals surface area contributed by atoms with Gasteiger partial charge in [0.1, 0.15) is 11.8 Å². The zero-order chi connectivity index (χ0) is 26.3. The topological polar surface area (TPSA) is 50.4 Å². The number of rotatable bonds is 9. The number of aryl methyl sites for hydroxylation is 1. The van der Waals surface area contributed by atoms with Crippen LogP contribution in [0.1, 0.15) is 40.8 Å². The Balaban J connectivity index is 1.90. The molecule has 0 aliphatic rings. The van der Waals surface area contributed by atoms with Gasteiger partial charge < -0.3 is 10.1 Å². The first kappa shape index (κ1) is 27.1. The number of hydrogen-bond acceptors (Lipinski definition) is 3. The molecule has 3 rings (SSSR count). The second kappa shape index (κ2) is 11.5. The summed E-state index contributed by atoms with van der Waals surface area (Å²) in [4.78, 5) is 12.7. The minimum absolute atomic E-state index is 0.279. The standard InChI is InChI=1S/C26H24F6N2O2/c1-33-24(35)23(18-6-3-2-4-7-18)34-22(19-8-5-9-21(16-19)36-26(30,31)32)15-12-17-10-13-20(14-11-17)25(27,28)29/h2-11,13-14,16,22-23,34H,12,15H2,1H3,(H,33,35).